The van der Waals surface area contributed by atoms with Crippen molar-refractivity contribution in [3.63, 3.8) is 0 Å². The average Bonchev–Trinajstić information content (AvgIpc) is 2.94. The van der Waals surface area contributed by atoms with Gasteiger partial charge in [0.15, 0.2) is 0 Å². The Morgan fingerprint density at radius 2 is 1.83 bits per heavy atom. The third-order valence-electron chi connectivity index (χ3n) is 4.66. The van der Waals surface area contributed by atoms with Gasteiger partial charge in [0.25, 0.3) is 5.91 Å². The van der Waals surface area contributed by atoms with Crippen LogP contribution in [0.4, 0.5) is 0 Å². The van der Waals surface area contributed by atoms with Crippen LogP contribution in [-0.4, -0.2) is 28.5 Å². The molecule has 5 nitrogen and oxygen atoms in total. The molecule has 0 bridgehead atoms. The molecule has 0 N–H and O–H groups in total. The third-order valence-corrected chi connectivity index (χ3v) is 4.66. The molecule has 1 saturated heterocycles. The second-order valence-corrected chi connectivity index (χ2v) is 6.09. The number of fused-ring (bicyclic) bond motifs is 3. The van der Waals surface area contributed by atoms with Crippen LogP contribution in [0.15, 0.2) is 39.5 Å². The van der Waals surface area contributed by atoms with Crippen LogP contribution in [0, 0.1) is 0 Å². The van der Waals surface area contributed by atoms with Crippen molar-refractivity contribution < 1.29 is 9.21 Å². The van der Waals surface area contributed by atoms with Gasteiger partial charge < -0.3 is 13.9 Å². The maximum Gasteiger partial charge on any atom is 0.345 e. The first-order valence-corrected chi connectivity index (χ1v) is 7.97. The predicted molar refractivity (Wildman–Crippen MR) is 88.7 cm³/mol. The molecule has 3 heterocycles. The quantitative estimate of drug-likeness (QED) is 0.649. The number of nitrogens with zero attached hydrogens (tertiary/aromatic N) is 2. The fourth-order valence-electron chi connectivity index (χ4n) is 3.45. The van der Waals surface area contributed by atoms with E-state index in [4.69, 9.17) is 4.42 Å². The van der Waals surface area contributed by atoms with Crippen LogP contribution in [0.1, 0.15) is 29.8 Å². The molecule has 0 unspecified atom stereocenters. The van der Waals surface area contributed by atoms with Crippen LogP contribution in [0.5, 0.6) is 0 Å². The predicted octanol–water partition coefficient (Wildman–Crippen LogP) is 2.91. The molecule has 0 aliphatic carbocycles. The van der Waals surface area contributed by atoms with Gasteiger partial charge in [-0.25, -0.2) is 4.79 Å². The summed E-state index contributed by atoms with van der Waals surface area (Å²) in [6.45, 7) is 1.57. The Balaban J connectivity index is 1.93. The number of aromatic nitrogens is 1. The first-order chi connectivity index (χ1) is 11.2. The van der Waals surface area contributed by atoms with Crippen molar-refractivity contribution in [3.8, 4) is 0 Å². The summed E-state index contributed by atoms with van der Waals surface area (Å²) in [5, 5.41) is 1.31. The van der Waals surface area contributed by atoms with Gasteiger partial charge in [0.1, 0.15) is 11.3 Å². The monoisotopic (exact) mass is 310 g/mol. The zero-order valence-corrected chi connectivity index (χ0v) is 13.0. The van der Waals surface area contributed by atoms with Gasteiger partial charge in [-0.05, 0) is 37.5 Å². The summed E-state index contributed by atoms with van der Waals surface area (Å²) in [5.41, 5.74) is 1.46. The fourth-order valence-corrected chi connectivity index (χ4v) is 3.45. The number of aryl methyl sites for hydroxylation is 1. The minimum Gasteiger partial charge on any atom is -0.422 e. The lowest BCUT2D eigenvalue weighted by Gasteiger charge is -2.26. The molecule has 0 radical (unpaired) electrons. The molecule has 1 aliphatic rings. The molecule has 2 aromatic heterocycles. The van der Waals surface area contributed by atoms with Crippen molar-refractivity contribution in [2.75, 3.05) is 13.1 Å². The van der Waals surface area contributed by atoms with E-state index in [0.29, 0.717) is 16.7 Å². The molecular weight excluding hydrogens is 292 g/mol. The molecule has 1 amide bonds. The number of carbonyl (C=O) groups is 1. The lowest BCUT2D eigenvalue weighted by Crippen LogP contribution is -2.36. The lowest BCUT2D eigenvalue weighted by atomic mass is 10.1. The minimum absolute atomic E-state index is 0.00752. The highest BCUT2D eigenvalue weighted by atomic mass is 16.4. The molecule has 0 atom stereocenters. The van der Waals surface area contributed by atoms with Crippen LogP contribution in [0.3, 0.4) is 0 Å². The molecule has 1 aliphatic heterocycles. The van der Waals surface area contributed by atoms with Crippen molar-refractivity contribution in [1.82, 2.24) is 9.47 Å². The van der Waals surface area contributed by atoms with Gasteiger partial charge in [-0.1, -0.05) is 12.1 Å². The zero-order valence-electron chi connectivity index (χ0n) is 13.0. The Morgan fingerprint density at radius 3 is 2.61 bits per heavy atom. The van der Waals surface area contributed by atoms with E-state index >= 15 is 0 Å². The Hall–Kier alpha value is -2.56. The van der Waals surface area contributed by atoms with E-state index < -0.39 is 5.63 Å². The Labute approximate surface area is 133 Å². The summed E-state index contributed by atoms with van der Waals surface area (Å²) in [6.07, 6.45) is 3.26. The number of para-hydroxylation sites is 1. The largest absolute Gasteiger partial charge is 0.422 e. The molecule has 5 heteroatoms. The smallest absolute Gasteiger partial charge is 0.345 e. The minimum atomic E-state index is -0.396. The van der Waals surface area contributed by atoms with Crippen LogP contribution in [0.2, 0.25) is 0 Å². The summed E-state index contributed by atoms with van der Waals surface area (Å²) in [7, 11) is 1.84. The lowest BCUT2D eigenvalue weighted by molar-refractivity contribution is 0.0715. The number of hydrogen-bond acceptors (Lipinski definition) is 3. The van der Waals surface area contributed by atoms with Crippen LogP contribution >= 0.6 is 0 Å². The molecule has 118 valence electrons. The van der Waals surface area contributed by atoms with Gasteiger partial charge in [0.05, 0.1) is 10.9 Å². The highest BCUT2D eigenvalue weighted by molar-refractivity contribution is 6.07. The summed E-state index contributed by atoms with van der Waals surface area (Å²) < 4.78 is 7.20. The summed E-state index contributed by atoms with van der Waals surface area (Å²) in [4.78, 5) is 26.9. The molecular formula is C18H18N2O3. The number of benzene rings is 1. The first kappa shape index (κ1) is 14.1. The molecule has 0 saturated carbocycles. The molecule has 1 fully saturated rings. The summed E-state index contributed by atoms with van der Waals surface area (Å²) in [5.74, 6) is -0.00752. The standard InChI is InChI=1S/C18H18N2O3/c1-19-14(17(21)20-9-5-2-6-10-20)11-13-16(19)12-7-3-4-8-15(12)23-18(13)22/h3-4,7-8,11H,2,5-6,9-10H2,1H3. The Bertz CT molecular complexity index is 961. The van der Waals surface area contributed by atoms with E-state index in [1.165, 1.54) is 6.42 Å². The van der Waals surface area contributed by atoms with Gasteiger partial charge in [0.2, 0.25) is 0 Å². The maximum atomic E-state index is 12.8. The second-order valence-electron chi connectivity index (χ2n) is 6.09. The van der Waals surface area contributed by atoms with E-state index in [9.17, 15) is 9.59 Å². The van der Waals surface area contributed by atoms with Gasteiger partial charge in [-0.2, -0.15) is 0 Å². The van der Waals surface area contributed by atoms with Crippen molar-refractivity contribution in [3.05, 3.63) is 46.4 Å². The van der Waals surface area contributed by atoms with E-state index in [2.05, 4.69) is 0 Å². The average molecular weight is 310 g/mol. The normalized spacial score (nSPS) is 15.4. The Morgan fingerprint density at radius 1 is 1.09 bits per heavy atom. The summed E-state index contributed by atoms with van der Waals surface area (Å²) in [6, 6.07) is 9.09. The van der Waals surface area contributed by atoms with Gasteiger partial charge >= 0.3 is 5.63 Å². The van der Waals surface area contributed by atoms with Crippen LogP contribution in [-0.2, 0) is 7.05 Å². The zero-order chi connectivity index (χ0) is 16.0. The third kappa shape index (κ3) is 2.15. The van der Waals surface area contributed by atoms with Crippen molar-refractivity contribution in [1.29, 1.82) is 0 Å². The van der Waals surface area contributed by atoms with Crippen molar-refractivity contribution in [2.24, 2.45) is 7.05 Å². The maximum absolute atomic E-state index is 12.8. The van der Waals surface area contributed by atoms with E-state index in [-0.39, 0.29) is 5.91 Å². The Kier molecular flexibility index (Phi) is 3.22. The van der Waals surface area contributed by atoms with Gasteiger partial charge in [-0.15, -0.1) is 0 Å². The topological polar surface area (TPSA) is 55.5 Å². The molecule has 1 aromatic carbocycles. The summed E-state index contributed by atoms with van der Waals surface area (Å²) >= 11 is 0. The van der Waals surface area contributed by atoms with E-state index in [0.717, 1.165) is 36.8 Å². The molecule has 4 rings (SSSR count). The van der Waals surface area contributed by atoms with Crippen molar-refractivity contribution >= 4 is 27.8 Å². The number of likely N-dealkylation sites (tertiary alicyclic amines) is 1. The van der Waals surface area contributed by atoms with Crippen molar-refractivity contribution in [2.45, 2.75) is 19.3 Å². The number of piperidine rings is 1. The second kappa shape index (κ2) is 5.26. The number of amides is 1. The van der Waals surface area contributed by atoms with Gasteiger partial charge in [0, 0.05) is 25.5 Å². The molecule has 0 spiro atoms. The number of carbonyl (C=O) groups excluding carboxylic acids is 1. The van der Waals surface area contributed by atoms with Gasteiger partial charge in [-0.3, -0.25) is 4.79 Å². The highest BCUT2D eigenvalue weighted by Gasteiger charge is 2.23. The van der Waals surface area contributed by atoms with E-state index in [1.807, 2.05) is 34.7 Å². The SMILES string of the molecule is Cn1c(C(=O)N2CCCCC2)cc2c(=O)oc3ccccc3c21. The van der Waals surface area contributed by atoms with E-state index in [1.54, 1.807) is 12.1 Å². The molecule has 23 heavy (non-hydrogen) atoms. The number of rotatable bonds is 1. The highest BCUT2D eigenvalue weighted by Crippen LogP contribution is 2.26. The number of hydrogen-bond donors (Lipinski definition) is 0. The first-order valence-electron chi connectivity index (χ1n) is 7.97. The van der Waals surface area contributed by atoms with Crippen LogP contribution in [0.25, 0.3) is 21.9 Å². The molecule has 3 aromatic rings. The van der Waals surface area contributed by atoms with Crippen LogP contribution < -0.4 is 5.63 Å². The fraction of sp³-hybridized carbons (Fsp3) is 0.333.